The van der Waals surface area contributed by atoms with E-state index in [0.717, 1.165) is 16.5 Å². The third kappa shape index (κ3) is 19.3. The van der Waals surface area contributed by atoms with Crippen molar-refractivity contribution >= 4 is 76.0 Å². The highest BCUT2D eigenvalue weighted by molar-refractivity contribution is 5.99. The number of primary amides is 1. The van der Waals surface area contributed by atoms with Crippen molar-refractivity contribution in [2.45, 2.75) is 133 Å². The maximum Gasteiger partial charge on any atom is 0.246 e. The first-order chi connectivity index (χ1) is 39.3. The van der Waals surface area contributed by atoms with Crippen LogP contribution in [0.4, 0.5) is 0 Å². The summed E-state index contributed by atoms with van der Waals surface area (Å²) in [6, 6.07) is 15.7. The highest BCUT2D eigenvalue weighted by atomic mass is 16.5. The molecular weight excluding hydrogens is 1060 g/mol. The second-order valence-electron chi connectivity index (χ2n) is 20.3. The van der Waals surface area contributed by atoms with Crippen molar-refractivity contribution in [3.63, 3.8) is 0 Å². The number of aromatic nitrogens is 1. The predicted octanol–water partition coefficient (Wildman–Crippen LogP) is -1.65. The number of hydrogen-bond donors (Lipinski definition) is 13. The number of guanidine groups is 2. The Morgan fingerprint density at radius 1 is 0.720 bits per heavy atom. The summed E-state index contributed by atoms with van der Waals surface area (Å²) in [5, 5.41) is 19.9. The molecule has 2 fully saturated rings. The van der Waals surface area contributed by atoms with E-state index in [9.17, 15) is 33.6 Å². The fourth-order valence-corrected chi connectivity index (χ4v) is 9.78. The van der Waals surface area contributed by atoms with Gasteiger partial charge < -0.3 is 80.5 Å². The van der Waals surface area contributed by atoms with E-state index in [-0.39, 0.29) is 109 Å². The Balaban J connectivity index is 1.39. The number of nitrogens with zero attached hydrogens (tertiary/aromatic N) is 3. The van der Waals surface area contributed by atoms with Gasteiger partial charge in [-0.2, -0.15) is 0 Å². The van der Waals surface area contributed by atoms with Gasteiger partial charge in [-0.05, 0) is 67.7 Å². The van der Waals surface area contributed by atoms with Crippen LogP contribution in [0.5, 0.6) is 0 Å². The van der Waals surface area contributed by atoms with E-state index >= 15 is 9.59 Å². The van der Waals surface area contributed by atoms with E-state index in [2.05, 4.69) is 52.2 Å². The molecule has 1 unspecified atom stereocenters. The molecule has 0 spiro atoms. The van der Waals surface area contributed by atoms with Gasteiger partial charge in [-0.15, -0.1) is 0 Å². The van der Waals surface area contributed by atoms with Crippen molar-refractivity contribution in [1.82, 2.24) is 47.1 Å². The van der Waals surface area contributed by atoms with Crippen LogP contribution in [-0.4, -0.2) is 150 Å². The number of hydrogen-bond acceptors (Lipinski definition) is 12. The van der Waals surface area contributed by atoms with Gasteiger partial charge in [0.25, 0.3) is 0 Å². The maximum absolute atomic E-state index is 15.2. The van der Waals surface area contributed by atoms with Gasteiger partial charge in [0, 0.05) is 69.5 Å². The average Bonchev–Trinajstić information content (AvgIpc) is 4.08. The number of ether oxygens (including phenoxy) is 1. The van der Waals surface area contributed by atoms with Gasteiger partial charge >= 0.3 is 0 Å². The number of para-hydroxylation sites is 1. The van der Waals surface area contributed by atoms with Gasteiger partial charge in [0.2, 0.25) is 53.2 Å². The molecule has 0 aliphatic carbocycles. The number of H-pyrrole nitrogens is 1. The minimum atomic E-state index is -1.63. The summed E-state index contributed by atoms with van der Waals surface area (Å²) in [4.78, 5) is 140. The fourth-order valence-electron chi connectivity index (χ4n) is 9.78. The Bertz CT molecular complexity index is 2910. The summed E-state index contributed by atoms with van der Waals surface area (Å²) in [6.45, 7) is 1.30. The van der Waals surface area contributed by atoms with Gasteiger partial charge in [-0.25, -0.2) is 0 Å². The van der Waals surface area contributed by atoms with Gasteiger partial charge in [-0.3, -0.25) is 53.1 Å². The highest BCUT2D eigenvalue weighted by Gasteiger charge is 2.44. The number of aromatic amines is 1. The second-order valence-corrected chi connectivity index (χ2v) is 20.3. The first kappa shape index (κ1) is 62.1. The summed E-state index contributed by atoms with van der Waals surface area (Å²) in [5.41, 5.74) is 30.9. The predicted molar refractivity (Wildman–Crippen MR) is 305 cm³/mol. The largest absolute Gasteiger partial charge is 0.372 e. The zero-order chi connectivity index (χ0) is 59.1. The number of nitrogens with one attached hydrogen (secondary N) is 8. The number of rotatable bonds is 19. The second kappa shape index (κ2) is 31.1. The summed E-state index contributed by atoms with van der Waals surface area (Å²) >= 11 is 0. The Morgan fingerprint density at radius 2 is 1.33 bits per heavy atom. The van der Waals surface area contributed by atoms with Crippen LogP contribution in [0.1, 0.15) is 81.4 Å². The standard InChI is InChI=1S/C56H76N16O10/c1-33(73)66-41(21-12-24-63-55(58)59)49(76)71-45-29-47(74)62-23-11-10-20-40(48(57)75)67-52(79)44(27-36-30-65-39-19-9-8-18-38(36)39)69-50(77)42(22-13-25-64-56(60)61)68-51(78)43(26-34-14-4-2-5-15-34)70-53(80)46-28-37(31-72(46)54(45)81)82-32-35-16-6-3-7-17-35/h2-9,14-19,30,37,40-46,65H,10-13,20-29,31-32H2,1H3,(H2,57,75)(H,62,74)(H,66,73)(H,67,79)(H,68,78)(H,69,77)(H,70,80)(H,71,76)(H4,58,59,63)(H4,60,61,64)/t37-,40?,41+,42+,43-,44+,45+,46+/m1/s1. The molecular formula is C56H76N16O10. The van der Waals surface area contributed by atoms with Gasteiger partial charge in [-0.1, -0.05) is 78.9 Å². The number of carbonyl (C=O) groups is 9. The van der Waals surface area contributed by atoms with Crippen LogP contribution in [0.3, 0.4) is 0 Å². The van der Waals surface area contributed by atoms with Gasteiger partial charge in [0.05, 0.1) is 19.1 Å². The van der Waals surface area contributed by atoms with Gasteiger partial charge in [0.1, 0.15) is 42.3 Å². The Hall–Kier alpha value is -9.07. The van der Waals surface area contributed by atoms with Crippen molar-refractivity contribution in [2.75, 3.05) is 26.2 Å². The third-order valence-corrected chi connectivity index (χ3v) is 13.9. The number of amides is 9. The van der Waals surface area contributed by atoms with Crippen LogP contribution in [0.25, 0.3) is 10.9 Å². The van der Waals surface area contributed by atoms with E-state index in [1.54, 1.807) is 36.5 Å². The minimum Gasteiger partial charge on any atom is -0.372 e. The van der Waals surface area contributed by atoms with Crippen molar-refractivity contribution in [1.29, 1.82) is 0 Å². The minimum absolute atomic E-state index is 0.0181. The average molecular weight is 1130 g/mol. The molecule has 0 radical (unpaired) electrons. The summed E-state index contributed by atoms with van der Waals surface area (Å²) in [5.74, 6) is -7.32. The molecule has 9 amide bonds. The molecule has 26 heteroatoms. The number of carbonyl (C=O) groups excluding carboxylic acids is 9. The van der Waals surface area contributed by atoms with Crippen molar-refractivity contribution in [2.24, 2.45) is 38.7 Å². The molecule has 4 aromatic rings. The molecule has 26 nitrogen and oxygen atoms in total. The monoisotopic (exact) mass is 1130 g/mol. The van der Waals surface area contributed by atoms with Crippen LogP contribution in [0.15, 0.2) is 101 Å². The van der Waals surface area contributed by atoms with E-state index < -0.39 is 108 Å². The van der Waals surface area contributed by atoms with E-state index in [0.29, 0.717) is 11.1 Å². The number of nitrogens with two attached hydrogens (primary N) is 5. The Labute approximate surface area is 474 Å². The smallest absolute Gasteiger partial charge is 0.246 e. The molecule has 3 aromatic carbocycles. The Morgan fingerprint density at radius 3 is 2.01 bits per heavy atom. The lowest BCUT2D eigenvalue weighted by molar-refractivity contribution is -0.143. The van der Waals surface area contributed by atoms with Crippen molar-refractivity contribution < 1.29 is 47.9 Å². The normalized spacial score (nSPS) is 22.0. The topological polar surface area (TPSA) is 421 Å². The quantitative estimate of drug-likeness (QED) is 0.0285. The zero-order valence-corrected chi connectivity index (χ0v) is 45.9. The first-order valence-electron chi connectivity index (χ1n) is 27.4. The van der Waals surface area contributed by atoms with Crippen LogP contribution in [-0.2, 0) is 67.3 Å². The van der Waals surface area contributed by atoms with E-state index in [1.807, 2.05) is 54.6 Å². The molecule has 1 aromatic heterocycles. The van der Waals surface area contributed by atoms with Crippen LogP contribution >= 0.6 is 0 Å². The van der Waals surface area contributed by atoms with Crippen molar-refractivity contribution in [3.05, 3.63) is 108 Å². The van der Waals surface area contributed by atoms with Crippen LogP contribution < -0.4 is 65.9 Å². The van der Waals surface area contributed by atoms with Crippen LogP contribution in [0, 0.1) is 0 Å². The molecule has 2 aliphatic heterocycles. The lowest BCUT2D eigenvalue weighted by Gasteiger charge is -2.30. The molecule has 2 saturated heterocycles. The fraction of sp³-hybridized carbons (Fsp3) is 0.446. The zero-order valence-electron chi connectivity index (χ0n) is 45.9. The molecule has 2 aliphatic rings. The van der Waals surface area contributed by atoms with Crippen LogP contribution in [0.2, 0.25) is 0 Å². The summed E-state index contributed by atoms with van der Waals surface area (Å²) in [7, 11) is 0. The van der Waals surface area contributed by atoms with E-state index in [4.69, 9.17) is 33.4 Å². The number of fused-ring (bicyclic) bond motifs is 2. The molecule has 8 atom stereocenters. The van der Waals surface area contributed by atoms with E-state index in [1.165, 1.54) is 11.8 Å². The SMILES string of the molecule is CC(=O)N[C@@H](CCCN=C(N)N)C(=O)N[C@H]1CC(=O)NCCCCC(C(N)=O)NC(=O)[C@H](Cc2c[nH]c3ccccc23)NC(=O)[C@H](CCCN=C(N)N)NC(=O)[C@@H](Cc2ccccc2)NC(=O)[C@@H]2C[C@@H](OCc3ccccc3)CN2C1=O. The number of benzene rings is 3. The Kier molecular flexibility index (Phi) is 23.5. The molecule has 82 heavy (non-hydrogen) atoms. The number of aliphatic imine (C=N–C) groups is 2. The molecule has 18 N–H and O–H groups in total. The molecule has 440 valence electrons. The highest BCUT2D eigenvalue weighted by Crippen LogP contribution is 2.25. The molecule has 0 bridgehead atoms. The molecule has 3 heterocycles. The maximum atomic E-state index is 15.2. The lowest BCUT2D eigenvalue weighted by atomic mass is 10.0. The summed E-state index contributed by atoms with van der Waals surface area (Å²) in [6.07, 6.45) is 0.923. The van der Waals surface area contributed by atoms with Gasteiger partial charge in [0.15, 0.2) is 11.9 Å². The molecule has 0 saturated carbocycles. The van der Waals surface area contributed by atoms with Crippen molar-refractivity contribution in [3.8, 4) is 0 Å². The lowest BCUT2D eigenvalue weighted by Crippen LogP contribution is -2.60. The molecule has 6 rings (SSSR count). The summed E-state index contributed by atoms with van der Waals surface area (Å²) < 4.78 is 6.32. The first-order valence-corrected chi connectivity index (χ1v) is 27.4. The third-order valence-electron chi connectivity index (χ3n) is 13.9.